The van der Waals surface area contributed by atoms with Gasteiger partial charge in [0.05, 0.1) is 5.56 Å². The maximum Gasteiger partial charge on any atom is 0.269 e. The van der Waals surface area contributed by atoms with Crippen molar-refractivity contribution in [1.82, 2.24) is 10.1 Å². The van der Waals surface area contributed by atoms with Gasteiger partial charge in [0, 0.05) is 6.42 Å². The fourth-order valence-electron chi connectivity index (χ4n) is 1.96. The van der Waals surface area contributed by atoms with E-state index in [1.54, 1.807) is 6.07 Å². The maximum absolute atomic E-state index is 9.01. The Kier molecular flexibility index (Phi) is 3.32. The molecule has 0 aliphatic rings. The molecule has 98 valence electrons. The Morgan fingerprint density at radius 3 is 2.95 bits per heavy atom. The fraction of sp³-hybridized carbons (Fsp3) is 0.133. The van der Waals surface area contributed by atoms with Crippen molar-refractivity contribution in [2.75, 3.05) is 0 Å². The number of hydrogen-bond acceptors (Lipinski definition) is 5. The number of aryl methyl sites for hydroxylation is 1. The summed E-state index contributed by atoms with van der Waals surface area (Å²) in [5.74, 6) is 1.05. The molecule has 0 saturated heterocycles. The molecule has 0 unspecified atom stereocenters. The van der Waals surface area contributed by atoms with Crippen molar-refractivity contribution < 1.29 is 4.52 Å². The van der Waals surface area contributed by atoms with Gasteiger partial charge in [-0.05, 0) is 29.5 Å². The molecule has 0 fully saturated rings. The second kappa shape index (κ2) is 5.27. The Hall–Kier alpha value is -2.45. The molecule has 0 atom stereocenters. The van der Waals surface area contributed by atoms with Gasteiger partial charge in [-0.1, -0.05) is 29.4 Å². The second-order valence-corrected chi connectivity index (χ2v) is 5.31. The molecule has 0 bridgehead atoms. The summed E-state index contributed by atoms with van der Waals surface area (Å²) in [6.45, 7) is 2.06. The van der Waals surface area contributed by atoms with E-state index in [4.69, 9.17) is 9.78 Å². The molecule has 3 aromatic rings. The summed E-state index contributed by atoms with van der Waals surface area (Å²) in [5, 5.41) is 14.9. The summed E-state index contributed by atoms with van der Waals surface area (Å²) in [6, 6.07) is 12.0. The highest BCUT2D eigenvalue weighted by Crippen LogP contribution is 2.27. The third-order valence-electron chi connectivity index (χ3n) is 3.06. The van der Waals surface area contributed by atoms with E-state index in [-0.39, 0.29) is 0 Å². The minimum atomic E-state index is 0.417. The zero-order valence-corrected chi connectivity index (χ0v) is 11.6. The van der Waals surface area contributed by atoms with Gasteiger partial charge in [-0.25, -0.2) is 0 Å². The Balaban J connectivity index is 1.88. The highest BCUT2D eigenvalue weighted by Gasteiger charge is 2.15. The molecular formula is C15H11N3OS. The van der Waals surface area contributed by atoms with E-state index >= 15 is 0 Å². The van der Waals surface area contributed by atoms with Crippen LogP contribution in [0.25, 0.3) is 10.8 Å². The predicted octanol–water partition coefficient (Wildman–Crippen LogP) is 3.57. The molecule has 0 N–H and O–H groups in total. The van der Waals surface area contributed by atoms with Crippen molar-refractivity contribution in [1.29, 1.82) is 5.26 Å². The molecule has 0 saturated carbocycles. The number of nitriles is 1. The monoisotopic (exact) mass is 281 g/mol. The first-order chi connectivity index (χ1) is 9.78. The first-order valence-corrected chi connectivity index (χ1v) is 7.01. The molecule has 0 aliphatic heterocycles. The molecule has 0 radical (unpaired) electrons. The van der Waals surface area contributed by atoms with Gasteiger partial charge in [0.1, 0.15) is 10.9 Å². The minimum absolute atomic E-state index is 0.417. The first kappa shape index (κ1) is 12.6. The molecule has 0 amide bonds. The van der Waals surface area contributed by atoms with Crippen LogP contribution in [0.2, 0.25) is 0 Å². The van der Waals surface area contributed by atoms with E-state index in [1.807, 2.05) is 17.5 Å². The summed E-state index contributed by atoms with van der Waals surface area (Å²) < 4.78 is 5.26. The van der Waals surface area contributed by atoms with Gasteiger partial charge in [0.2, 0.25) is 0 Å². The highest BCUT2D eigenvalue weighted by molar-refractivity contribution is 7.13. The number of hydrogen-bond donors (Lipinski definition) is 0. The lowest BCUT2D eigenvalue weighted by Gasteiger charge is -2.00. The van der Waals surface area contributed by atoms with Gasteiger partial charge < -0.3 is 4.52 Å². The summed E-state index contributed by atoms with van der Waals surface area (Å²) in [4.78, 5) is 5.11. The van der Waals surface area contributed by atoms with Crippen molar-refractivity contribution in [2.45, 2.75) is 13.3 Å². The van der Waals surface area contributed by atoms with Crippen LogP contribution in [0.3, 0.4) is 0 Å². The van der Waals surface area contributed by atoms with Crippen LogP contribution >= 0.6 is 11.3 Å². The number of rotatable bonds is 3. The zero-order chi connectivity index (χ0) is 13.9. The van der Waals surface area contributed by atoms with E-state index in [0.29, 0.717) is 23.7 Å². The van der Waals surface area contributed by atoms with Crippen LogP contribution in [-0.2, 0) is 6.42 Å². The Morgan fingerprint density at radius 2 is 2.15 bits per heavy atom. The largest absolute Gasteiger partial charge is 0.333 e. The quantitative estimate of drug-likeness (QED) is 0.736. The van der Waals surface area contributed by atoms with Crippen LogP contribution in [0.15, 0.2) is 40.2 Å². The molecule has 4 nitrogen and oxygen atoms in total. The summed E-state index contributed by atoms with van der Waals surface area (Å²) in [5.41, 5.74) is 2.94. The lowest BCUT2D eigenvalue weighted by atomic mass is 10.1. The Bertz CT molecular complexity index is 782. The molecule has 5 heteroatoms. The zero-order valence-electron chi connectivity index (χ0n) is 10.8. The molecule has 2 aromatic heterocycles. The first-order valence-electron chi connectivity index (χ1n) is 6.13. The average molecular weight is 281 g/mol. The Labute approximate surface area is 120 Å². The molecular weight excluding hydrogens is 270 g/mol. The summed E-state index contributed by atoms with van der Waals surface area (Å²) in [6.07, 6.45) is 0.628. The van der Waals surface area contributed by atoms with Crippen LogP contribution in [0.5, 0.6) is 0 Å². The van der Waals surface area contributed by atoms with Crippen LogP contribution < -0.4 is 0 Å². The van der Waals surface area contributed by atoms with E-state index in [0.717, 1.165) is 4.88 Å². The van der Waals surface area contributed by atoms with Gasteiger partial charge in [-0.3, -0.25) is 0 Å². The van der Waals surface area contributed by atoms with Crippen molar-refractivity contribution >= 4 is 11.3 Å². The second-order valence-electron chi connectivity index (χ2n) is 4.39. The number of thiophene rings is 1. The van der Waals surface area contributed by atoms with Crippen LogP contribution in [-0.4, -0.2) is 10.1 Å². The maximum atomic E-state index is 9.01. The lowest BCUT2D eigenvalue weighted by molar-refractivity contribution is 0.424. The number of nitrogens with zero attached hydrogens (tertiary/aromatic N) is 3. The van der Waals surface area contributed by atoms with Gasteiger partial charge in [-0.2, -0.15) is 10.2 Å². The fourth-order valence-corrected chi connectivity index (χ4v) is 2.72. The van der Waals surface area contributed by atoms with Crippen molar-refractivity contribution in [2.24, 2.45) is 0 Å². The van der Waals surface area contributed by atoms with Crippen LogP contribution in [0.4, 0.5) is 0 Å². The van der Waals surface area contributed by atoms with Gasteiger partial charge in [-0.15, -0.1) is 11.3 Å². The Morgan fingerprint density at radius 1 is 1.30 bits per heavy atom. The third kappa shape index (κ3) is 2.33. The summed E-state index contributed by atoms with van der Waals surface area (Å²) >= 11 is 1.43. The average Bonchev–Trinajstić information content (AvgIpc) is 3.09. The van der Waals surface area contributed by atoms with Gasteiger partial charge in [0.25, 0.3) is 5.89 Å². The lowest BCUT2D eigenvalue weighted by Crippen LogP contribution is -1.93. The number of benzene rings is 1. The molecule has 0 spiro atoms. The van der Waals surface area contributed by atoms with Gasteiger partial charge in [0.15, 0.2) is 5.82 Å². The standard InChI is InChI=1S/C15H11N3OS/c1-10-4-2-3-5-11(10)8-13-17-15(19-18-13)14-12(9-16)6-7-20-14/h2-7H,8H2,1H3. The molecule has 0 aliphatic carbocycles. The van der Waals surface area contributed by atoms with Crippen molar-refractivity contribution in [3.05, 3.63) is 58.2 Å². The third-order valence-corrected chi connectivity index (χ3v) is 3.96. The van der Waals surface area contributed by atoms with E-state index < -0.39 is 0 Å². The topological polar surface area (TPSA) is 62.7 Å². The van der Waals surface area contributed by atoms with E-state index in [9.17, 15) is 0 Å². The van der Waals surface area contributed by atoms with Crippen LogP contribution in [0, 0.1) is 18.3 Å². The minimum Gasteiger partial charge on any atom is -0.333 e. The highest BCUT2D eigenvalue weighted by atomic mass is 32.1. The molecule has 20 heavy (non-hydrogen) atoms. The van der Waals surface area contributed by atoms with Crippen molar-refractivity contribution in [3.8, 4) is 16.8 Å². The van der Waals surface area contributed by atoms with Gasteiger partial charge >= 0.3 is 0 Å². The van der Waals surface area contributed by atoms with Crippen molar-refractivity contribution in [3.63, 3.8) is 0 Å². The molecule has 1 aromatic carbocycles. The normalized spacial score (nSPS) is 10.4. The summed E-state index contributed by atoms with van der Waals surface area (Å²) in [7, 11) is 0. The van der Waals surface area contributed by atoms with E-state index in [2.05, 4.69) is 35.3 Å². The molecule has 2 heterocycles. The smallest absolute Gasteiger partial charge is 0.269 e. The van der Waals surface area contributed by atoms with Crippen LogP contribution in [0.1, 0.15) is 22.5 Å². The predicted molar refractivity (Wildman–Crippen MR) is 76.3 cm³/mol. The SMILES string of the molecule is Cc1ccccc1Cc1noc(-c2sccc2C#N)n1. The molecule has 3 rings (SSSR count). The van der Waals surface area contributed by atoms with E-state index in [1.165, 1.54) is 22.5 Å². The number of aromatic nitrogens is 2.